The van der Waals surface area contributed by atoms with Crippen LogP contribution in [-0.4, -0.2) is 41.6 Å². The largest absolute Gasteiger partial charge is 0.468 e. The zero-order valence-electron chi connectivity index (χ0n) is 8.39. The lowest BCUT2D eigenvalue weighted by atomic mass is 10.1. The summed E-state index contributed by atoms with van der Waals surface area (Å²) in [6.45, 7) is 1.70. The molecule has 3 unspecified atom stereocenters. The van der Waals surface area contributed by atoms with Gasteiger partial charge in [0.2, 0.25) is 0 Å². The second-order valence-electron chi connectivity index (χ2n) is 3.78. The Hall–Kier alpha value is -0.880. The molecule has 2 rings (SSSR count). The van der Waals surface area contributed by atoms with Crippen molar-refractivity contribution in [1.82, 2.24) is 10.6 Å². The van der Waals surface area contributed by atoms with Crippen LogP contribution in [0.25, 0.3) is 0 Å². The van der Waals surface area contributed by atoms with Gasteiger partial charge in [0.05, 0.1) is 25.0 Å². The summed E-state index contributed by atoms with van der Waals surface area (Å²) in [4.78, 5) is 0. The molecule has 3 atom stereocenters. The van der Waals surface area contributed by atoms with E-state index in [1.54, 1.807) is 6.26 Å². The molecule has 4 N–H and O–H groups in total. The van der Waals surface area contributed by atoms with Crippen LogP contribution >= 0.6 is 0 Å². The molecule has 1 aromatic rings. The first-order chi connectivity index (χ1) is 7.27. The second-order valence-corrected chi connectivity index (χ2v) is 3.78. The SMILES string of the molecule is OC1CNC(CNCc2ccco2)C1O. The summed E-state index contributed by atoms with van der Waals surface area (Å²) in [5, 5.41) is 25.0. The highest BCUT2D eigenvalue weighted by Crippen LogP contribution is 2.07. The summed E-state index contributed by atoms with van der Waals surface area (Å²) in [7, 11) is 0. The fraction of sp³-hybridized carbons (Fsp3) is 0.600. The molecule has 0 aliphatic carbocycles. The average Bonchev–Trinajstić information content (AvgIpc) is 2.83. The predicted octanol–water partition coefficient (Wildman–Crippen LogP) is -0.937. The van der Waals surface area contributed by atoms with Crippen molar-refractivity contribution < 1.29 is 14.6 Å². The maximum Gasteiger partial charge on any atom is 0.117 e. The van der Waals surface area contributed by atoms with Crippen molar-refractivity contribution in [2.75, 3.05) is 13.1 Å². The van der Waals surface area contributed by atoms with Gasteiger partial charge in [0.1, 0.15) is 5.76 Å². The van der Waals surface area contributed by atoms with Gasteiger partial charge in [0.15, 0.2) is 0 Å². The van der Waals surface area contributed by atoms with Gasteiger partial charge in [0, 0.05) is 19.1 Å². The molecule has 0 amide bonds. The molecule has 0 aromatic carbocycles. The smallest absolute Gasteiger partial charge is 0.117 e. The summed E-state index contributed by atoms with van der Waals surface area (Å²) < 4.78 is 5.15. The van der Waals surface area contributed by atoms with Crippen molar-refractivity contribution in [3.05, 3.63) is 24.2 Å². The Bertz CT molecular complexity index is 289. The maximum absolute atomic E-state index is 9.54. The summed E-state index contributed by atoms with van der Waals surface area (Å²) in [6, 6.07) is 3.64. The highest BCUT2D eigenvalue weighted by molar-refractivity contribution is 4.98. The number of β-amino-alcohol motifs (C(OH)–C–C–N with tert-alkyl or cyclic N) is 1. The van der Waals surface area contributed by atoms with Crippen LogP contribution in [0.3, 0.4) is 0 Å². The summed E-state index contributed by atoms with van der Waals surface area (Å²) in [5.74, 6) is 0.864. The third-order valence-electron chi connectivity index (χ3n) is 2.64. The molecule has 15 heavy (non-hydrogen) atoms. The van der Waals surface area contributed by atoms with Crippen molar-refractivity contribution >= 4 is 0 Å². The fourth-order valence-corrected chi connectivity index (χ4v) is 1.74. The van der Waals surface area contributed by atoms with Crippen LogP contribution in [0.5, 0.6) is 0 Å². The minimum atomic E-state index is -0.686. The van der Waals surface area contributed by atoms with E-state index < -0.39 is 12.2 Å². The van der Waals surface area contributed by atoms with E-state index in [-0.39, 0.29) is 6.04 Å². The number of aliphatic hydroxyl groups excluding tert-OH is 2. The van der Waals surface area contributed by atoms with Gasteiger partial charge >= 0.3 is 0 Å². The summed E-state index contributed by atoms with van der Waals surface area (Å²) in [6.07, 6.45) is 0.290. The quantitative estimate of drug-likeness (QED) is 0.518. The summed E-state index contributed by atoms with van der Waals surface area (Å²) in [5.41, 5.74) is 0. The molecule has 0 radical (unpaired) electrons. The molecule has 1 aliphatic heterocycles. The standard InChI is InChI=1S/C10H16N2O3/c13-9-6-12-8(10(9)14)5-11-4-7-2-1-3-15-7/h1-3,8-14H,4-6H2. The highest BCUT2D eigenvalue weighted by atomic mass is 16.3. The number of furan rings is 1. The molecule has 0 saturated carbocycles. The molecule has 1 saturated heterocycles. The third kappa shape index (κ3) is 2.57. The monoisotopic (exact) mass is 212 g/mol. The Morgan fingerprint density at radius 2 is 2.40 bits per heavy atom. The molecular formula is C10H16N2O3. The van der Waals surface area contributed by atoms with E-state index in [0.29, 0.717) is 19.6 Å². The minimum absolute atomic E-state index is 0.0880. The van der Waals surface area contributed by atoms with E-state index in [1.165, 1.54) is 0 Å². The van der Waals surface area contributed by atoms with Gasteiger partial charge < -0.3 is 25.3 Å². The van der Waals surface area contributed by atoms with Gasteiger partial charge in [-0.3, -0.25) is 0 Å². The predicted molar refractivity (Wildman–Crippen MR) is 54.2 cm³/mol. The van der Waals surface area contributed by atoms with Gasteiger partial charge in [-0.1, -0.05) is 0 Å². The van der Waals surface area contributed by atoms with Gasteiger partial charge in [-0.05, 0) is 12.1 Å². The average molecular weight is 212 g/mol. The zero-order chi connectivity index (χ0) is 10.7. The highest BCUT2D eigenvalue weighted by Gasteiger charge is 2.32. The van der Waals surface area contributed by atoms with Crippen LogP contribution in [0.15, 0.2) is 22.8 Å². The lowest BCUT2D eigenvalue weighted by molar-refractivity contribution is 0.0406. The van der Waals surface area contributed by atoms with Crippen molar-refractivity contribution in [2.24, 2.45) is 0 Å². The lowest BCUT2D eigenvalue weighted by Crippen LogP contribution is -2.41. The Labute approximate surface area is 88.1 Å². The van der Waals surface area contributed by atoms with Crippen molar-refractivity contribution in [3.8, 4) is 0 Å². The van der Waals surface area contributed by atoms with Gasteiger partial charge in [-0.2, -0.15) is 0 Å². The molecule has 5 heteroatoms. The topological polar surface area (TPSA) is 77.7 Å². The molecule has 1 aliphatic rings. The molecule has 84 valence electrons. The zero-order valence-corrected chi connectivity index (χ0v) is 8.39. The van der Waals surface area contributed by atoms with Crippen molar-refractivity contribution in [3.63, 3.8) is 0 Å². The molecule has 2 heterocycles. The van der Waals surface area contributed by atoms with E-state index in [4.69, 9.17) is 4.42 Å². The molecule has 1 fully saturated rings. The van der Waals surface area contributed by atoms with Crippen molar-refractivity contribution in [2.45, 2.75) is 24.8 Å². The van der Waals surface area contributed by atoms with Crippen LogP contribution in [0, 0.1) is 0 Å². The first-order valence-electron chi connectivity index (χ1n) is 5.10. The number of hydrogen-bond acceptors (Lipinski definition) is 5. The second kappa shape index (κ2) is 4.76. The van der Waals surface area contributed by atoms with E-state index in [9.17, 15) is 10.2 Å². The van der Waals surface area contributed by atoms with Gasteiger partial charge in [0.25, 0.3) is 0 Å². The Balaban J connectivity index is 1.70. The minimum Gasteiger partial charge on any atom is -0.468 e. The van der Waals surface area contributed by atoms with E-state index in [2.05, 4.69) is 10.6 Å². The number of nitrogens with one attached hydrogen (secondary N) is 2. The number of aliphatic hydroxyl groups is 2. The van der Waals surface area contributed by atoms with Gasteiger partial charge in [-0.15, -0.1) is 0 Å². The number of hydrogen-bond donors (Lipinski definition) is 4. The fourth-order valence-electron chi connectivity index (χ4n) is 1.74. The van der Waals surface area contributed by atoms with Crippen LogP contribution in [-0.2, 0) is 6.54 Å². The van der Waals surface area contributed by atoms with E-state index in [0.717, 1.165) is 5.76 Å². The van der Waals surface area contributed by atoms with Crippen LogP contribution in [0.4, 0.5) is 0 Å². The Morgan fingerprint density at radius 1 is 1.53 bits per heavy atom. The Morgan fingerprint density at radius 3 is 3.00 bits per heavy atom. The molecule has 5 nitrogen and oxygen atoms in total. The molecule has 1 aromatic heterocycles. The van der Waals surface area contributed by atoms with E-state index >= 15 is 0 Å². The number of rotatable bonds is 4. The first-order valence-corrected chi connectivity index (χ1v) is 5.10. The first kappa shape index (κ1) is 10.6. The van der Waals surface area contributed by atoms with Crippen LogP contribution in [0.2, 0.25) is 0 Å². The maximum atomic E-state index is 9.54. The Kier molecular flexibility index (Phi) is 3.37. The van der Waals surface area contributed by atoms with Gasteiger partial charge in [-0.25, -0.2) is 0 Å². The van der Waals surface area contributed by atoms with Crippen LogP contribution in [0.1, 0.15) is 5.76 Å². The lowest BCUT2D eigenvalue weighted by Gasteiger charge is -2.16. The summed E-state index contributed by atoms with van der Waals surface area (Å²) >= 11 is 0. The van der Waals surface area contributed by atoms with Crippen LogP contribution < -0.4 is 10.6 Å². The normalized spacial score (nSPS) is 30.9. The van der Waals surface area contributed by atoms with E-state index in [1.807, 2.05) is 12.1 Å². The molecular weight excluding hydrogens is 196 g/mol. The third-order valence-corrected chi connectivity index (χ3v) is 2.64. The molecule has 0 bridgehead atoms. The van der Waals surface area contributed by atoms with Crippen molar-refractivity contribution in [1.29, 1.82) is 0 Å². The molecule has 0 spiro atoms.